The zero-order valence-electron chi connectivity index (χ0n) is 20.1. The lowest BCUT2D eigenvalue weighted by molar-refractivity contribution is 0.227. The third kappa shape index (κ3) is 3.59. The van der Waals surface area contributed by atoms with Crippen LogP contribution >= 0.6 is 11.6 Å². The predicted octanol–water partition coefficient (Wildman–Crippen LogP) is 7.92. The maximum atomic E-state index is 6.68. The van der Waals surface area contributed by atoms with Crippen LogP contribution in [0.2, 0.25) is 0 Å². The molecule has 0 spiro atoms. The summed E-state index contributed by atoms with van der Waals surface area (Å²) in [5.74, 6) is 0. The second kappa shape index (κ2) is 8.48. The molecule has 1 aliphatic heterocycles. The Morgan fingerprint density at radius 1 is 0.806 bits per heavy atom. The summed E-state index contributed by atoms with van der Waals surface area (Å²) in [5.41, 5.74) is 4.51. The minimum absolute atomic E-state index is 0.136. The van der Waals surface area contributed by atoms with Gasteiger partial charge in [0.1, 0.15) is 0 Å². The summed E-state index contributed by atoms with van der Waals surface area (Å²) in [6.07, 6.45) is 0.937. The van der Waals surface area contributed by atoms with E-state index in [1.165, 1.54) is 43.3 Å². The molecule has 0 bridgehead atoms. The first-order chi connectivity index (χ1) is 17.6. The minimum atomic E-state index is 0.136. The standard InChI is InChI=1S/C32H26ClN3/c1-20-28(33)17-30(34-18-27-14-13-22-5-2-3-8-29(22)35-27)36(20)19-21-15-25-11-9-23-6-4-7-24-10-12-26(16-21)32(25)31(23)24/h2-16,30,34H,17-19H2,1H3/t30-/m0/s1. The van der Waals surface area contributed by atoms with Gasteiger partial charge in [0.2, 0.25) is 0 Å². The van der Waals surface area contributed by atoms with Gasteiger partial charge < -0.3 is 4.90 Å². The van der Waals surface area contributed by atoms with Crippen molar-refractivity contribution < 1.29 is 0 Å². The van der Waals surface area contributed by atoms with E-state index >= 15 is 0 Å². The number of nitrogens with one attached hydrogen (secondary N) is 1. The van der Waals surface area contributed by atoms with Gasteiger partial charge in [-0.2, -0.15) is 0 Å². The van der Waals surface area contributed by atoms with Crippen LogP contribution in [0.4, 0.5) is 0 Å². The second-order valence-electron chi connectivity index (χ2n) is 9.84. The summed E-state index contributed by atoms with van der Waals surface area (Å²) in [6, 6.07) is 32.7. The number of aromatic nitrogens is 1. The third-order valence-corrected chi connectivity index (χ3v) is 8.05. The number of nitrogens with zero attached hydrogens (tertiary/aromatic N) is 2. The largest absolute Gasteiger partial charge is 0.354 e. The van der Waals surface area contributed by atoms with E-state index in [9.17, 15) is 0 Å². The van der Waals surface area contributed by atoms with Crippen LogP contribution < -0.4 is 5.32 Å². The van der Waals surface area contributed by atoms with Crippen molar-refractivity contribution in [2.24, 2.45) is 0 Å². The quantitative estimate of drug-likeness (QED) is 0.250. The van der Waals surface area contributed by atoms with Crippen LogP contribution in [0.25, 0.3) is 43.2 Å². The molecule has 1 aromatic heterocycles. The van der Waals surface area contributed by atoms with Gasteiger partial charge in [-0.25, -0.2) is 0 Å². The highest BCUT2D eigenvalue weighted by molar-refractivity contribution is 6.30. The Kier molecular flexibility index (Phi) is 5.09. The molecular weight excluding hydrogens is 462 g/mol. The first-order valence-electron chi connectivity index (χ1n) is 12.5. The van der Waals surface area contributed by atoms with Crippen LogP contribution in [0.15, 0.2) is 102 Å². The van der Waals surface area contributed by atoms with Crippen molar-refractivity contribution in [1.29, 1.82) is 0 Å². The zero-order chi connectivity index (χ0) is 24.2. The van der Waals surface area contributed by atoms with Gasteiger partial charge in [-0.15, -0.1) is 0 Å². The maximum absolute atomic E-state index is 6.68. The summed E-state index contributed by atoms with van der Waals surface area (Å²) >= 11 is 6.68. The molecule has 0 saturated carbocycles. The summed E-state index contributed by atoms with van der Waals surface area (Å²) in [6.45, 7) is 3.63. The number of benzene rings is 5. The number of rotatable bonds is 5. The minimum Gasteiger partial charge on any atom is -0.354 e. The average molecular weight is 488 g/mol. The van der Waals surface area contributed by atoms with E-state index < -0.39 is 0 Å². The molecule has 2 heterocycles. The predicted molar refractivity (Wildman–Crippen MR) is 151 cm³/mol. The van der Waals surface area contributed by atoms with Gasteiger partial charge in [0.15, 0.2) is 0 Å². The first-order valence-corrected chi connectivity index (χ1v) is 12.9. The van der Waals surface area contributed by atoms with E-state index in [2.05, 4.69) is 96.0 Å². The number of hydrogen-bond donors (Lipinski definition) is 1. The van der Waals surface area contributed by atoms with E-state index in [0.717, 1.165) is 34.9 Å². The van der Waals surface area contributed by atoms with Gasteiger partial charge in [0.25, 0.3) is 0 Å². The van der Waals surface area contributed by atoms with Gasteiger partial charge in [0.05, 0.1) is 17.4 Å². The average Bonchev–Trinajstić information content (AvgIpc) is 3.18. The lowest BCUT2D eigenvalue weighted by atomic mass is 9.93. The Morgan fingerprint density at radius 2 is 1.44 bits per heavy atom. The van der Waals surface area contributed by atoms with Gasteiger partial charge in [-0.05, 0) is 69.1 Å². The Morgan fingerprint density at radius 3 is 2.22 bits per heavy atom. The molecule has 7 rings (SSSR count). The zero-order valence-corrected chi connectivity index (χ0v) is 20.9. The molecule has 0 fully saturated rings. The molecule has 5 aromatic carbocycles. The Balaban J connectivity index is 1.18. The molecule has 0 radical (unpaired) electrons. The monoisotopic (exact) mass is 487 g/mol. The van der Waals surface area contributed by atoms with Crippen LogP contribution in [-0.4, -0.2) is 16.0 Å². The third-order valence-electron chi connectivity index (χ3n) is 7.62. The summed E-state index contributed by atoms with van der Waals surface area (Å²) in [5, 5.41) is 13.7. The summed E-state index contributed by atoms with van der Waals surface area (Å²) in [4.78, 5) is 7.23. The molecule has 0 unspecified atom stereocenters. The molecule has 6 aromatic rings. The van der Waals surface area contributed by atoms with Gasteiger partial charge >= 0.3 is 0 Å². The van der Waals surface area contributed by atoms with E-state index in [1.54, 1.807) is 0 Å². The van der Waals surface area contributed by atoms with Crippen molar-refractivity contribution in [2.75, 3.05) is 0 Å². The molecule has 176 valence electrons. The molecule has 3 nitrogen and oxygen atoms in total. The van der Waals surface area contributed by atoms with Crippen molar-refractivity contribution in [2.45, 2.75) is 32.6 Å². The highest BCUT2D eigenvalue weighted by atomic mass is 35.5. The molecule has 4 heteroatoms. The van der Waals surface area contributed by atoms with Crippen molar-refractivity contribution >= 4 is 54.8 Å². The molecule has 1 N–H and O–H groups in total. The van der Waals surface area contributed by atoms with Crippen molar-refractivity contribution in [3.8, 4) is 0 Å². The Hall–Kier alpha value is -3.66. The molecule has 0 amide bonds. The fourth-order valence-corrected chi connectivity index (χ4v) is 6.02. The highest BCUT2D eigenvalue weighted by Crippen LogP contribution is 2.37. The van der Waals surface area contributed by atoms with Crippen LogP contribution in [-0.2, 0) is 13.1 Å². The summed E-state index contributed by atoms with van der Waals surface area (Å²) in [7, 11) is 0. The number of para-hydroxylation sites is 1. The molecule has 1 aliphatic rings. The Bertz CT molecular complexity index is 1720. The van der Waals surface area contributed by atoms with E-state index in [1.807, 2.05) is 12.1 Å². The van der Waals surface area contributed by atoms with Crippen LogP contribution in [0, 0.1) is 0 Å². The van der Waals surface area contributed by atoms with E-state index in [-0.39, 0.29) is 6.17 Å². The lowest BCUT2D eigenvalue weighted by Gasteiger charge is -2.29. The first kappa shape index (κ1) is 21.6. The number of fused-ring (bicyclic) bond motifs is 1. The van der Waals surface area contributed by atoms with E-state index in [0.29, 0.717) is 6.54 Å². The van der Waals surface area contributed by atoms with Crippen LogP contribution in [0.3, 0.4) is 0 Å². The van der Waals surface area contributed by atoms with Gasteiger partial charge in [0, 0.05) is 35.6 Å². The van der Waals surface area contributed by atoms with Crippen LogP contribution in [0.1, 0.15) is 24.6 Å². The van der Waals surface area contributed by atoms with Crippen molar-refractivity contribution in [1.82, 2.24) is 15.2 Å². The molecule has 0 aliphatic carbocycles. The second-order valence-corrected chi connectivity index (χ2v) is 10.3. The number of allylic oxidation sites excluding steroid dienone is 1. The molecule has 36 heavy (non-hydrogen) atoms. The van der Waals surface area contributed by atoms with Crippen LogP contribution in [0.5, 0.6) is 0 Å². The number of hydrogen-bond acceptors (Lipinski definition) is 3. The maximum Gasteiger partial charge on any atom is 0.0850 e. The van der Waals surface area contributed by atoms with Crippen molar-refractivity contribution in [3.05, 3.63) is 113 Å². The summed E-state index contributed by atoms with van der Waals surface area (Å²) < 4.78 is 0. The molecule has 1 atom stereocenters. The smallest absolute Gasteiger partial charge is 0.0850 e. The number of halogens is 1. The topological polar surface area (TPSA) is 28.2 Å². The van der Waals surface area contributed by atoms with Gasteiger partial charge in [-0.1, -0.05) is 78.3 Å². The van der Waals surface area contributed by atoms with Crippen molar-refractivity contribution in [3.63, 3.8) is 0 Å². The molecular formula is C32H26ClN3. The highest BCUT2D eigenvalue weighted by Gasteiger charge is 2.28. The Labute approximate surface area is 215 Å². The van der Waals surface area contributed by atoms with E-state index in [4.69, 9.17) is 16.6 Å². The fourth-order valence-electron chi connectivity index (χ4n) is 5.76. The lowest BCUT2D eigenvalue weighted by Crippen LogP contribution is -2.40. The SMILES string of the molecule is CC1=C(Cl)C[C@@H](NCc2ccc3ccccc3n2)N1Cc1cc2ccc3cccc4ccc(c1)c2c34. The fraction of sp³-hybridized carbons (Fsp3) is 0.156. The van der Waals surface area contributed by atoms with Gasteiger partial charge in [-0.3, -0.25) is 10.3 Å². The molecule has 0 saturated heterocycles. The normalized spacial score (nSPS) is 16.4. The number of pyridine rings is 1.